The van der Waals surface area contributed by atoms with Crippen LogP contribution in [0.15, 0.2) is 22.7 Å². The highest BCUT2D eigenvalue weighted by molar-refractivity contribution is 9.10. The molecule has 0 spiro atoms. The molecule has 1 heterocycles. The summed E-state index contributed by atoms with van der Waals surface area (Å²) in [5.41, 5.74) is 0.968. The number of halogens is 2. The first kappa shape index (κ1) is 12.8. The van der Waals surface area contributed by atoms with Crippen molar-refractivity contribution in [2.75, 3.05) is 0 Å². The summed E-state index contributed by atoms with van der Waals surface area (Å²) in [7, 11) is 0. The summed E-state index contributed by atoms with van der Waals surface area (Å²) in [6, 6.07) is 5.86. The zero-order chi connectivity index (χ0) is 12.6. The van der Waals surface area contributed by atoms with Gasteiger partial charge >= 0.3 is 0 Å². The van der Waals surface area contributed by atoms with Crippen molar-refractivity contribution in [2.45, 2.75) is 19.9 Å². The highest BCUT2D eigenvalue weighted by atomic mass is 79.9. The molecule has 0 aliphatic carbocycles. The fraction of sp³-hybridized carbons (Fsp3) is 0.273. The molecule has 1 N–H and O–H groups in total. The largest absolute Gasteiger partial charge is 0.298 e. The van der Waals surface area contributed by atoms with Gasteiger partial charge in [-0.25, -0.2) is 0 Å². The number of rotatable bonds is 2. The van der Waals surface area contributed by atoms with Crippen LogP contribution >= 0.6 is 39.7 Å². The van der Waals surface area contributed by atoms with Gasteiger partial charge in [0, 0.05) is 21.1 Å². The van der Waals surface area contributed by atoms with E-state index in [9.17, 15) is 0 Å². The summed E-state index contributed by atoms with van der Waals surface area (Å²) in [4.78, 5) is 0. The van der Waals surface area contributed by atoms with E-state index in [2.05, 4.69) is 40.0 Å². The molecule has 6 heteroatoms. The van der Waals surface area contributed by atoms with Gasteiger partial charge < -0.3 is 0 Å². The molecule has 2 aromatic rings. The Morgan fingerprint density at radius 1 is 1.47 bits per heavy atom. The summed E-state index contributed by atoms with van der Waals surface area (Å²) in [5, 5.41) is 7.78. The van der Waals surface area contributed by atoms with E-state index in [1.807, 2.05) is 22.8 Å². The monoisotopic (exact) mass is 331 g/mol. The van der Waals surface area contributed by atoms with Gasteiger partial charge in [-0.05, 0) is 60.2 Å². The maximum Gasteiger partial charge on any atom is 0.195 e. The summed E-state index contributed by atoms with van der Waals surface area (Å²) >= 11 is 14.6. The molecular formula is C11H11BrClN3S. The Balaban J connectivity index is 2.65. The van der Waals surface area contributed by atoms with Gasteiger partial charge in [-0.3, -0.25) is 9.67 Å². The van der Waals surface area contributed by atoms with E-state index in [1.165, 1.54) is 0 Å². The van der Waals surface area contributed by atoms with Gasteiger partial charge in [0.15, 0.2) is 10.6 Å². The molecule has 3 nitrogen and oxygen atoms in total. The third-order valence-electron chi connectivity index (χ3n) is 2.39. The molecule has 1 aromatic heterocycles. The Kier molecular flexibility index (Phi) is 3.70. The van der Waals surface area contributed by atoms with E-state index in [0.29, 0.717) is 9.79 Å². The smallest absolute Gasteiger partial charge is 0.195 e. The summed E-state index contributed by atoms with van der Waals surface area (Å²) in [6.07, 6.45) is 0. The summed E-state index contributed by atoms with van der Waals surface area (Å²) in [6.45, 7) is 4.14. The van der Waals surface area contributed by atoms with Crippen LogP contribution in [0.5, 0.6) is 0 Å². The molecular weight excluding hydrogens is 322 g/mol. The maximum absolute atomic E-state index is 5.93. The van der Waals surface area contributed by atoms with Crippen LogP contribution in [0.4, 0.5) is 0 Å². The van der Waals surface area contributed by atoms with Gasteiger partial charge in [-0.15, -0.1) is 0 Å². The molecule has 0 bridgehead atoms. The van der Waals surface area contributed by atoms with Crippen LogP contribution in [0.25, 0.3) is 11.4 Å². The van der Waals surface area contributed by atoms with Crippen LogP contribution in [0.2, 0.25) is 5.02 Å². The zero-order valence-electron chi connectivity index (χ0n) is 9.37. The number of hydrogen-bond acceptors (Lipinski definition) is 2. The predicted octanol–water partition coefficient (Wildman–Crippen LogP) is 4.60. The molecule has 1 aromatic carbocycles. The second-order valence-corrected chi connectivity index (χ2v) is 5.62. The summed E-state index contributed by atoms with van der Waals surface area (Å²) in [5.74, 6) is 0.813. The fourth-order valence-corrected chi connectivity index (χ4v) is 2.85. The number of H-pyrrole nitrogens is 1. The zero-order valence-corrected chi connectivity index (χ0v) is 12.5. The molecule has 0 unspecified atom stereocenters. The lowest BCUT2D eigenvalue weighted by molar-refractivity contribution is 0.597. The molecule has 0 saturated heterocycles. The Morgan fingerprint density at radius 2 is 2.18 bits per heavy atom. The van der Waals surface area contributed by atoms with Crippen LogP contribution in [-0.4, -0.2) is 14.8 Å². The van der Waals surface area contributed by atoms with Crippen molar-refractivity contribution in [3.05, 3.63) is 32.5 Å². The van der Waals surface area contributed by atoms with E-state index in [1.54, 1.807) is 0 Å². The van der Waals surface area contributed by atoms with Crippen LogP contribution in [-0.2, 0) is 0 Å². The molecule has 0 radical (unpaired) electrons. The van der Waals surface area contributed by atoms with Crippen molar-refractivity contribution in [1.82, 2.24) is 14.8 Å². The topological polar surface area (TPSA) is 33.6 Å². The molecule has 0 saturated carbocycles. The Morgan fingerprint density at radius 3 is 2.76 bits per heavy atom. The average molecular weight is 333 g/mol. The highest BCUT2D eigenvalue weighted by Gasteiger charge is 2.14. The van der Waals surface area contributed by atoms with Crippen molar-refractivity contribution in [3.8, 4) is 11.4 Å². The van der Waals surface area contributed by atoms with E-state index < -0.39 is 0 Å². The molecule has 0 atom stereocenters. The van der Waals surface area contributed by atoms with Crippen molar-refractivity contribution in [3.63, 3.8) is 0 Å². The standard InChI is InChI=1S/C11H11BrClN3S/c1-6(2)16-10(14-15-11(16)17)8-4-3-7(13)5-9(8)12/h3-6H,1-2H3,(H,15,17). The molecule has 0 amide bonds. The molecule has 0 aliphatic heterocycles. The van der Waals surface area contributed by atoms with E-state index >= 15 is 0 Å². The van der Waals surface area contributed by atoms with Gasteiger partial charge in [-0.1, -0.05) is 11.6 Å². The number of benzene rings is 1. The second-order valence-electron chi connectivity index (χ2n) is 3.94. The molecule has 90 valence electrons. The number of nitrogens with one attached hydrogen (secondary N) is 1. The highest BCUT2D eigenvalue weighted by Crippen LogP contribution is 2.30. The Hall–Kier alpha value is -0.650. The van der Waals surface area contributed by atoms with E-state index in [0.717, 1.165) is 15.9 Å². The quantitative estimate of drug-likeness (QED) is 0.815. The van der Waals surface area contributed by atoms with Gasteiger partial charge in [-0.2, -0.15) is 5.10 Å². The SMILES string of the molecule is CC(C)n1c(-c2ccc(Cl)cc2Br)n[nH]c1=S. The minimum absolute atomic E-state index is 0.249. The lowest BCUT2D eigenvalue weighted by Gasteiger charge is -2.11. The van der Waals surface area contributed by atoms with Crippen molar-refractivity contribution in [1.29, 1.82) is 0 Å². The van der Waals surface area contributed by atoms with Gasteiger partial charge in [0.25, 0.3) is 0 Å². The third-order valence-corrected chi connectivity index (χ3v) is 3.57. The summed E-state index contributed by atoms with van der Waals surface area (Å²) < 4.78 is 3.50. The minimum Gasteiger partial charge on any atom is -0.298 e. The van der Waals surface area contributed by atoms with E-state index in [-0.39, 0.29) is 6.04 Å². The van der Waals surface area contributed by atoms with Crippen LogP contribution in [0.1, 0.15) is 19.9 Å². The minimum atomic E-state index is 0.249. The third kappa shape index (κ3) is 2.46. The molecule has 0 aliphatic rings. The number of nitrogens with zero attached hydrogens (tertiary/aromatic N) is 2. The molecule has 0 fully saturated rings. The number of aromatic amines is 1. The first-order valence-corrected chi connectivity index (χ1v) is 6.71. The average Bonchev–Trinajstić information content (AvgIpc) is 2.60. The molecule has 17 heavy (non-hydrogen) atoms. The normalized spacial score (nSPS) is 11.1. The van der Waals surface area contributed by atoms with Crippen LogP contribution < -0.4 is 0 Å². The fourth-order valence-electron chi connectivity index (χ4n) is 1.64. The molecule has 2 rings (SSSR count). The van der Waals surface area contributed by atoms with Crippen LogP contribution in [0, 0.1) is 4.77 Å². The first-order chi connectivity index (χ1) is 8.00. The number of aromatic nitrogens is 3. The Labute approximate surface area is 118 Å². The van der Waals surface area contributed by atoms with Crippen molar-refractivity contribution in [2.24, 2.45) is 0 Å². The lowest BCUT2D eigenvalue weighted by atomic mass is 10.2. The van der Waals surface area contributed by atoms with Crippen LogP contribution in [0.3, 0.4) is 0 Å². The van der Waals surface area contributed by atoms with E-state index in [4.69, 9.17) is 23.8 Å². The number of hydrogen-bond donors (Lipinski definition) is 1. The Bertz CT molecular complexity index is 603. The maximum atomic E-state index is 5.93. The lowest BCUT2D eigenvalue weighted by Crippen LogP contribution is -2.03. The van der Waals surface area contributed by atoms with Gasteiger partial charge in [0.05, 0.1) is 0 Å². The van der Waals surface area contributed by atoms with Crippen molar-refractivity contribution >= 4 is 39.7 Å². The second kappa shape index (κ2) is 4.92. The van der Waals surface area contributed by atoms with Crippen molar-refractivity contribution < 1.29 is 0 Å². The predicted molar refractivity (Wildman–Crippen MR) is 75.9 cm³/mol. The van der Waals surface area contributed by atoms with Gasteiger partial charge in [0.1, 0.15) is 0 Å². The first-order valence-electron chi connectivity index (χ1n) is 5.13. The van der Waals surface area contributed by atoms with Gasteiger partial charge in [0.2, 0.25) is 0 Å².